The van der Waals surface area contributed by atoms with Crippen molar-refractivity contribution in [1.82, 2.24) is 0 Å². The summed E-state index contributed by atoms with van der Waals surface area (Å²) in [7, 11) is 1.59. The zero-order valence-electron chi connectivity index (χ0n) is 11.8. The summed E-state index contributed by atoms with van der Waals surface area (Å²) in [4.78, 5) is 0. The molecule has 21 heavy (non-hydrogen) atoms. The van der Waals surface area contributed by atoms with Crippen molar-refractivity contribution in [1.29, 1.82) is 0 Å². The first kappa shape index (κ1) is 14.2. The van der Waals surface area contributed by atoms with Crippen molar-refractivity contribution in [2.75, 3.05) is 13.7 Å². The molecule has 1 heterocycles. The lowest BCUT2D eigenvalue weighted by molar-refractivity contribution is 0.114. The maximum Gasteiger partial charge on any atom is 0.124 e. The molecule has 3 nitrogen and oxygen atoms in total. The summed E-state index contributed by atoms with van der Waals surface area (Å²) in [6.07, 6.45) is 0.0807. The zero-order chi connectivity index (χ0) is 14.8. The molecule has 2 unspecified atom stereocenters. The van der Waals surface area contributed by atoms with Crippen molar-refractivity contribution in [2.24, 2.45) is 0 Å². The molecule has 2 atom stereocenters. The minimum absolute atomic E-state index is 0.0256. The minimum Gasteiger partial charge on any atom is -0.496 e. The van der Waals surface area contributed by atoms with E-state index < -0.39 is 6.10 Å². The first-order valence-corrected chi connectivity index (χ1v) is 7.31. The van der Waals surface area contributed by atoms with Gasteiger partial charge < -0.3 is 14.6 Å². The smallest absolute Gasteiger partial charge is 0.124 e. The predicted octanol–water partition coefficient (Wildman–Crippen LogP) is 3.95. The third-order valence-corrected chi connectivity index (χ3v) is 4.13. The highest BCUT2D eigenvalue weighted by Crippen LogP contribution is 2.43. The van der Waals surface area contributed by atoms with Crippen LogP contribution in [0.25, 0.3) is 0 Å². The first-order chi connectivity index (χ1) is 10.2. The Balaban J connectivity index is 2.00. The van der Waals surface area contributed by atoms with Crippen LogP contribution in [-0.2, 0) is 0 Å². The van der Waals surface area contributed by atoms with E-state index in [1.165, 1.54) is 0 Å². The van der Waals surface area contributed by atoms with Gasteiger partial charge in [-0.05, 0) is 30.7 Å². The number of halogens is 1. The number of rotatable bonds is 3. The summed E-state index contributed by atoms with van der Waals surface area (Å²) in [5.41, 5.74) is 1.74. The minimum atomic E-state index is -0.677. The second-order valence-corrected chi connectivity index (χ2v) is 5.55. The molecule has 0 radical (unpaired) electrons. The van der Waals surface area contributed by atoms with Crippen LogP contribution in [0.5, 0.6) is 11.5 Å². The molecular formula is C17H17ClO3. The third-order valence-electron chi connectivity index (χ3n) is 3.90. The molecule has 2 aromatic rings. The molecule has 1 N–H and O–H groups in total. The number of aliphatic hydroxyl groups is 1. The molecule has 110 valence electrons. The van der Waals surface area contributed by atoms with Gasteiger partial charge in [-0.25, -0.2) is 0 Å². The Bertz CT molecular complexity index is 642. The molecule has 4 heteroatoms. The van der Waals surface area contributed by atoms with Gasteiger partial charge in [-0.1, -0.05) is 29.8 Å². The van der Waals surface area contributed by atoms with Gasteiger partial charge >= 0.3 is 0 Å². The van der Waals surface area contributed by atoms with E-state index in [4.69, 9.17) is 21.1 Å². The molecule has 0 fully saturated rings. The van der Waals surface area contributed by atoms with Crippen molar-refractivity contribution in [2.45, 2.75) is 18.4 Å². The highest BCUT2D eigenvalue weighted by Gasteiger charge is 2.30. The van der Waals surface area contributed by atoms with E-state index in [0.717, 1.165) is 17.7 Å². The van der Waals surface area contributed by atoms with Crippen LogP contribution >= 0.6 is 11.6 Å². The molecule has 3 rings (SSSR count). The van der Waals surface area contributed by atoms with Gasteiger partial charge in [0.25, 0.3) is 0 Å². The van der Waals surface area contributed by atoms with Gasteiger partial charge in [0.2, 0.25) is 0 Å². The van der Waals surface area contributed by atoms with Gasteiger partial charge in [-0.3, -0.25) is 0 Å². The van der Waals surface area contributed by atoms with E-state index in [9.17, 15) is 5.11 Å². The monoisotopic (exact) mass is 304 g/mol. The lowest BCUT2D eigenvalue weighted by atomic mass is 9.85. The Hall–Kier alpha value is -1.71. The van der Waals surface area contributed by atoms with Crippen molar-refractivity contribution >= 4 is 11.6 Å². The Morgan fingerprint density at radius 2 is 2.10 bits per heavy atom. The van der Waals surface area contributed by atoms with Crippen molar-refractivity contribution in [3.63, 3.8) is 0 Å². The lowest BCUT2D eigenvalue weighted by Gasteiger charge is -2.30. The fourth-order valence-electron chi connectivity index (χ4n) is 2.85. The van der Waals surface area contributed by atoms with Crippen LogP contribution in [0.3, 0.4) is 0 Å². The summed E-state index contributed by atoms with van der Waals surface area (Å²) in [5.74, 6) is 1.46. The molecule has 0 amide bonds. The van der Waals surface area contributed by atoms with Gasteiger partial charge in [0, 0.05) is 22.1 Å². The standard InChI is InChI=1S/C17H17ClO3/c1-20-15-7-6-11(18)10-14(15)17(19)13-8-9-21-16-5-3-2-4-12(13)16/h2-7,10,13,17,19H,8-9H2,1H3. The van der Waals surface area contributed by atoms with Crippen molar-refractivity contribution in [3.8, 4) is 11.5 Å². The van der Waals surface area contributed by atoms with E-state index >= 15 is 0 Å². The van der Waals surface area contributed by atoms with Crippen LogP contribution in [-0.4, -0.2) is 18.8 Å². The highest BCUT2D eigenvalue weighted by atomic mass is 35.5. The van der Waals surface area contributed by atoms with E-state index in [0.29, 0.717) is 22.9 Å². The quantitative estimate of drug-likeness (QED) is 0.933. The predicted molar refractivity (Wildman–Crippen MR) is 82.3 cm³/mol. The highest BCUT2D eigenvalue weighted by molar-refractivity contribution is 6.30. The van der Waals surface area contributed by atoms with Gasteiger partial charge in [0.15, 0.2) is 0 Å². The molecular weight excluding hydrogens is 288 g/mol. The maximum atomic E-state index is 10.8. The Morgan fingerprint density at radius 3 is 2.90 bits per heavy atom. The summed E-state index contributed by atoms with van der Waals surface area (Å²) in [6.45, 7) is 0.599. The number of hydrogen-bond acceptors (Lipinski definition) is 3. The summed E-state index contributed by atoms with van der Waals surface area (Å²) in [5, 5.41) is 11.4. The third kappa shape index (κ3) is 2.71. The molecule has 0 aromatic heterocycles. The molecule has 0 saturated heterocycles. The average Bonchev–Trinajstić information content (AvgIpc) is 2.53. The van der Waals surface area contributed by atoms with Crippen molar-refractivity contribution in [3.05, 3.63) is 58.6 Å². The average molecular weight is 305 g/mol. The normalized spacial score (nSPS) is 18.5. The second kappa shape index (κ2) is 5.96. The molecule has 0 aliphatic carbocycles. The Labute approximate surface area is 129 Å². The summed E-state index contributed by atoms with van der Waals surface area (Å²) in [6, 6.07) is 13.1. The number of ether oxygens (including phenoxy) is 2. The fourth-order valence-corrected chi connectivity index (χ4v) is 3.03. The summed E-state index contributed by atoms with van der Waals surface area (Å²) >= 11 is 6.07. The molecule has 0 saturated carbocycles. The number of methoxy groups -OCH3 is 1. The van der Waals surface area contributed by atoms with Crippen LogP contribution in [0.2, 0.25) is 5.02 Å². The largest absolute Gasteiger partial charge is 0.496 e. The number of fused-ring (bicyclic) bond motifs is 1. The van der Waals surface area contributed by atoms with Gasteiger partial charge in [0.05, 0.1) is 19.8 Å². The Morgan fingerprint density at radius 1 is 1.29 bits per heavy atom. The molecule has 2 aromatic carbocycles. The number of para-hydroxylation sites is 1. The van der Waals surface area contributed by atoms with E-state index in [1.54, 1.807) is 25.3 Å². The van der Waals surface area contributed by atoms with Crippen molar-refractivity contribution < 1.29 is 14.6 Å². The number of aliphatic hydroxyl groups excluding tert-OH is 1. The Kier molecular flexibility index (Phi) is 4.04. The van der Waals surface area contributed by atoms with Crippen LogP contribution in [0.1, 0.15) is 29.6 Å². The second-order valence-electron chi connectivity index (χ2n) is 5.11. The number of hydrogen-bond donors (Lipinski definition) is 1. The van der Waals surface area contributed by atoms with Crippen LogP contribution < -0.4 is 9.47 Å². The van der Waals surface area contributed by atoms with Crippen LogP contribution in [0.15, 0.2) is 42.5 Å². The topological polar surface area (TPSA) is 38.7 Å². The van der Waals surface area contributed by atoms with Crippen LogP contribution in [0, 0.1) is 0 Å². The fraction of sp³-hybridized carbons (Fsp3) is 0.294. The van der Waals surface area contributed by atoms with Crippen LogP contribution in [0.4, 0.5) is 0 Å². The first-order valence-electron chi connectivity index (χ1n) is 6.94. The van der Waals surface area contributed by atoms with E-state index in [-0.39, 0.29) is 5.92 Å². The molecule has 0 bridgehead atoms. The number of benzene rings is 2. The zero-order valence-corrected chi connectivity index (χ0v) is 12.5. The summed E-state index contributed by atoms with van der Waals surface area (Å²) < 4.78 is 11.0. The lowest BCUT2D eigenvalue weighted by Crippen LogP contribution is -2.20. The van der Waals surface area contributed by atoms with E-state index in [2.05, 4.69) is 0 Å². The van der Waals surface area contributed by atoms with Gasteiger partial charge in [-0.15, -0.1) is 0 Å². The van der Waals surface area contributed by atoms with Gasteiger partial charge in [0.1, 0.15) is 11.5 Å². The molecule has 1 aliphatic heterocycles. The molecule has 1 aliphatic rings. The maximum absolute atomic E-state index is 10.8. The van der Waals surface area contributed by atoms with Gasteiger partial charge in [-0.2, -0.15) is 0 Å². The molecule has 0 spiro atoms. The SMILES string of the molecule is COc1ccc(Cl)cc1C(O)C1CCOc2ccccc21. The van der Waals surface area contributed by atoms with E-state index in [1.807, 2.05) is 24.3 Å².